The minimum absolute atomic E-state index is 0.0304. The van der Waals surface area contributed by atoms with Gasteiger partial charge in [0.05, 0.1) is 5.92 Å². The number of piperazine rings is 1. The van der Waals surface area contributed by atoms with E-state index in [0.717, 1.165) is 30.0 Å². The third kappa shape index (κ3) is 4.36. The summed E-state index contributed by atoms with van der Waals surface area (Å²) < 4.78 is 0. The topological polar surface area (TPSA) is 65.5 Å². The molecule has 6 nitrogen and oxygen atoms in total. The minimum Gasteiger partial charge on any atom is -0.355 e. The lowest BCUT2D eigenvalue weighted by atomic mass is 9.72. The number of carbonyl (C=O) groups excluding carboxylic acids is 2. The summed E-state index contributed by atoms with van der Waals surface area (Å²) in [6, 6.07) is 9.81. The fraction of sp³-hybridized carbons (Fsp3) is 0.500. The van der Waals surface area contributed by atoms with Gasteiger partial charge in [-0.15, -0.1) is 0 Å². The first-order valence-corrected chi connectivity index (χ1v) is 11.5. The van der Waals surface area contributed by atoms with E-state index in [4.69, 9.17) is 0 Å². The highest BCUT2D eigenvalue weighted by Crippen LogP contribution is 2.40. The molecule has 2 atom stereocenters. The molecule has 2 aliphatic rings. The number of rotatable bonds is 3. The SMILES string of the molecule is Cc1cnc(N2CCN(C(=O)c3ccc([C@@H]4C(=O)NCC4C(C)(C)C)cc3)CC2)c(C)c1. The molecule has 170 valence electrons. The molecule has 2 aromatic rings. The number of benzene rings is 1. The number of aryl methyl sites for hydroxylation is 2. The Morgan fingerprint density at radius 2 is 1.72 bits per heavy atom. The summed E-state index contributed by atoms with van der Waals surface area (Å²) in [6.45, 7) is 14.3. The normalized spacial score (nSPS) is 21.6. The number of hydrogen-bond acceptors (Lipinski definition) is 4. The number of anilines is 1. The van der Waals surface area contributed by atoms with Crippen molar-refractivity contribution in [3.05, 3.63) is 58.8 Å². The quantitative estimate of drug-likeness (QED) is 0.803. The van der Waals surface area contributed by atoms with Crippen LogP contribution in [0.15, 0.2) is 36.5 Å². The van der Waals surface area contributed by atoms with Crippen LogP contribution in [0.3, 0.4) is 0 Å². The standard InChI is InChI=1S/C26H34N4O2/c1-17-14-18(2)23(27-15-17)29-10-12-30(13-11-29)25(32)20-8-6-19(7-9-20)22-21(26(3,4)5)16-28-24(22)31/h6-9,14-15,21-22H,10-13,16H2,1-5H3,(H,28,31)/t21?,22-/m0/s1. The summed E-state index contributed by atoms with van der Waals surface area (Å²) in [4.78, 5) is 34.3. The maximum absolute atomic E-state index is 13.1. The molecule has 0 radical (unpaired) electrons. The van der Waals surface area contributed by atoms with Gasteiger partial charge in [0, 0.05) is 44.5 Å². The summed E-state index contributed by atoms with van der Waals surface area (Å²) in [5, 5.41) is 3.01. The van der Waals surface area contributed by atoms with Crippen LogP contribution in [0.4, 0.5) is 5.82 Å². The number of nitrogens with zero attached hydrogens (tertiary/aromatic N) is 3. The van der Waals surface area contributed by atoms with Gasteiger partial charge in [-0.25, -0.2) is 4.98 Å². The zero-order valence-corrected chi connectivity index (χ0v) is 19.8. The second kappa shape index (κ2) is 8.57. The number of carbonyl (C=O) groups is 2. The Labute approximate surface area is 191 Å². The van der Waals surface area contributed by atoms with E-state index in [1.807, 2.05) is 42.3 Å². The summed E-state index contributed by atoms with van der Waals surface area (Å²) in [5.74, 6) is 1.22. The lowest BCUT2D eigenvalue weighted by Gasteiger charge is -2.36. The third-order valence-corrected chi connectivity index (χ3v) is 6.86. The molecular weight excluding hydrogens is 400 g/mol. The van der Waals surface area contributed by atoms with Gasteiger partial charge in [-0.2, -0.15) is 0 Å². The molecule has 0 bridgehead atoms. The Morgan fingerprint density at radius 1 is 1.06 bits per heavy atom. The molecule has 1 unspecified atom stereocenters. The lowest BCUT2D eigenvalue weighted by molar-refractivity contribution is -0.121. The van der Waals surface area contributed by atoms with Crippen molar-refractivity contribution in [1.29, 1.82) is 0 Å². The van der Waals surface area contributed by atoms with E-state index in [1.54, 1.807) is 0 Å². The first-order chi connectivity index (χ1) is 15.1. The largest absolute Gasteiger partial charge is 0.355 e. The molecule has 1 N–H and O–H groups in total. The fourth-order valence-corrected chi connectivity index (χ4v) is 4.99. The maximum Gasteiger partial charge on any atom is 0.253 e. The highest BCUT2D eigenvalue weighted by molar-refractivity contribution is 5.94. The molecule has 2 fully saturated rings. The first-order valence-electron chi connectivity index (χ1n) is 11.5. The van der Waals surface area contributed by atoms with E-state index >= 15 is 0 Å². The smallest absolute Gasteiger partial charge is 0.253 e. The molecule has 2 aliphatic heterocycles. The van der Waals surface area contributed by atoms with Crippen LogP contribution in [-0.4, -0.2) is 54.4 Å². The van der Waals surface area contributed by atoms with Crippen molar-refractivity contribution in [1.82, 2.24) is 15.2 Å². The van der Waals surface area contributed by atoms with E-state index in [9.17, 15) is 9.59 Å². The van der Waals surface area contributed by atoms with E-state index in [1.165, 1.54) is 5.56 Å². The van der Waals surface area contributed by atoms with Gasteiger partial charge in [-0.3, -0.25) is 9.59 Å². The van der Waals surface area contributed by atoms with Gasteiger partial charge >= 0.3 is 0 Å². The van der Waals surface area contributed by atoms with Crippen LogP contribution < -0.4 is 10.2 Å². The van der Waals surface area contributed by atoms with Crippen molar-refractivity contribution in [2.75, 3.05) is 37.6 Å². The molecule has 0 spiro atoms. The minimum atomic E-state index is -0.159. The van der Waals surface area contributed by atoms with Gasteiger partial charge in [0.25, 0.3) is 5.91 Å². The Kier molecular flexibility index (Phi) is 5.97. The van der Waals surface area contributed by atoms with Crippen molar-refractivity contribution in [2.24, 2.45) is 11.3 Å². The predicted octanol–water partition coefficient (Wildman–Crippen LogP) is 3.54. The van der Waals surface area contributed by atoms with Crippen LogP contribution in [0.2, 0.25) is 0 Å². The van der Waals surface area contributed by atoms with Gasteiger partial charge < -0.3 is 15.1 Å². The number of nitrogens with one attached hydrogen (secondary N) is 1. The van der Waals surface area contributed by atoms with Gasteiger partial charge in [0.1, 0.15) is 5.82 Å². The number of hydrogen-bond donors (Lipinski definition) is 1. The average molecular weight is 435 g/mol. The molecule has 2 saturated heterocycles. The molecule has 0 saturated carbocycles. The van der Waals surface area contributed by atoms with Crippen LogP contribution in [0.1, 0.15) is 53.7 Å². The highest BCUT2D eigenvalue weighted by Gasteiger charge is 2.42. The van der Waals surface area contributed by atoms with Crippen LogP contribution >= 0.6 is 0 Å². The van der Waals surface area contributed by atoms with Crippen molar-refractivity contribution >= 4 is 17.6 Å². The molecule has 0 aliphatic carbocycles. The van der Waals surface area contributed by atoms with Crippen molar-refractivity contribution in [2.45, 2.75) is 40.5 Å². The number of pyridine rings is 1. The van der Waals surface area contributed by atoms with Crippen LogP contribution in [-0.2, 0) is 4.79 Å². The second-order valence-electron chi connectivity index (χ2n) is 10.2. The molecule has 2 amide bonds. The Balaban J connectivity index is 1.42. The second-order valence-corrected chi connectivity index (χ2v) is 10.2. The van der Waals surface area contributed by atoms with E-state index in [-0.39, 0.29) is 29.1 Å². The van der Waals surface area contributed by atoms with Gasteiger partial charge in [0.2, 0.25) is 5.91 Å². The van der Waals surface area contributed by atoms with Gasteiger partial charge in [-0.05, 0) is 54.0 Å². The molecule has 32 heavy (non-hydrogen) atoms. The molecule has 1 aromatic carbocycles. The van der Waals surface area contributed by atoms with Crippen molar-refractivity contribution in [3.8, 4) is 0 Å². The first kappa shape index (κ1) is 22.3. The zero-order chi connectivity index (χ0) is 23.0. The molecule has 3 heterocycles. The van der Waals surface area contributed by atoms with Crippen LogP contribution in [0.25, 0.3) is 0 Å². The van der Waals surface area contributed by atoms with Gasteiger partial charge in [0.15, 0.2) is 0 Å². The molecular formula is C26H34N4O2. The molecule has 4 rings (SSSR count). The van der Waals surface area contributed by atoms with Crippen molar-refractivity contribution in [3.63, 3.8) is 0 Å². The van der Waals surface area contributed by atoms with Crippen LogP contribution in [0, 0.1) is 25.2 Å². The fourth-order valence-electron chi connectivity index (χ4n) is 4.99. The summed E-state index contributed by atoms with van der Waals surface area (Å²) in [7, 11) is 0. The number of amides is 2. The highest BCUT2D eigenvalue weighted by atomic mass is 16.2. The van der Waals surface area contributed by atoms with Crippen LogP contribution in [0.5, 0.6) is 0 Å². The maximum atomic E-state index is 13.1. The molecule has 1 aromatic heterocycles. The van der Waals surface area contributed by atoms with E-state index < -0.39 is 0 Å². The lowest BCUT2D eigenvalue weighted by Crippen LogP contribution is -2.49. The summed E-state index contributed by atoms with van der Waals surface area (Å²) in [6.07, 6.45) is 1.90. The monoisotopic (exact) mass is 434 g/mol. The number of aromatic nitrogens is 1. The summed E-state index contributed by atoms with van der Waals surface area (Å²) in [5.41, 5.74) is 4.03. The molecule has 6 heteroatoms. The van der Waals surface area contributed by atoms with Gasteiger partial charge in [-0.1, -0.05) is 39.0 Å². The average Bonchev–Trinajstić information content (AvgIpc) is 3.15. The van der Waals surface area contributed by atoms with Crippen molar-refractivity contribution < 1.29 is 9.59 Å². The Hall–Kier alpha value is -2.89. The van der Waals surface area contributed by atoms with E-state index in [0.29, 0.717) is 25.2 Å². The Bertz CT molecular complexity index is 1000. The predicted molar refractivity (Wildman–Crippen MR) is 127 cm³/mol. The third-order valence-electron chi connectivity index (χ3n) is 6.86. The Morgan fingerprint density at radius 3 is 2.31 bits per heavy atom. The summed E-state index contributed by atoms with van der Waals surface area (Å²) >= 11 is 0. The van der Waals surface area contributed by atoms with E-state index in [2.05, 4.69) is 49.0 Å². The zero-order valence-electron chi connectivity index (χ0n) is 19.8.